The average Bonchev–Trinajstić information content (AvgIpc) is 2.18. The molecule has 0 aliphatic carbocycles. The van der Waals surface area contributed by atoms with Gasteiger partial charge in [0, 0.05) is 25.6 Å². The number of aliphatic hydroxyl groups is 1. The molecule has 0 aromatic heterocycles. The largest absolute Gasteiger partial charge is 0.396 e. The number of hydrogen-bond acceptors (Lipinski definition) is 2. The van der Waals surface area contributed by atoms with Gasteiger partial charge in [-0.15, -0.1) is 0 Å². The summed E-state index contributed by atoms with van der Waals surface area (Å²) in [6, 6.07) is 0.422. The lowest BCUT2D eigenvalue weighted by Crippen LogP contribution is -2.41. The highest BCUT2D eigenvalue weighted by molar-refractivity contribution is 5.76. The van der Waals surface area contributed by atoms with Gasteiger partial charge in [-0.25, -0.2) is 0 Å². The molecular formula is C11H21NO2. The lowest BCUT2D eigenvalue weighted by atomic mass is 10.0. The molecule has 1 fully saturated rings. The maximum absolute atomic E-state index is 11.7. The average molecular weight is 199 g/mol. The van der Waals surface area contributed by atoms with Gasteiger partial charge in [0.15, 0.2) is 0 Å². The van der Waals surface area contributed by atoms with Crippen LogP contribution in [-0.4, -0.2) is 35.1 Å². The van der Waals surface area contributed by atoms with Gasteiger partial charge in [-0.2, -0.15) is 0 Å². The predicted molar refractivity (Wildman–Crippen MR) is 56.0 cm³/mol. The molecular weight excluding hydrogens is 178 g/mol. The minimum atomic E-state index is 0.197. The number of carbonyl (C=O) groups excluding carboxylic acids is 1. The Hall–Kier alpha value is -0.570. The first kappa shape index (κ1) is 11.5. The summed E-state index contributed by atoms with van der Waals surface area (Å²) in [5.41, 5.74) is 0. The minimum absolute atomic E-state index is 0.197. The molecule has 3 nitrogen and oxygen atoms in total. The van der Waals surface area contributed by atoms with Crippen LogP contribution in [0.15, 0.2) is 0 Å². The van der Waals surface area contributed by atoms with Crippen molar-refractivity contribution in [2.24, 2.45) is 0 Å². The lowest BCUT2D eigenvalue weighted by molar-refractivity contribution is -0.134. The molecule has 3 heteroatoms. The maximum atomic E-state index is 11.7. The van der Waals surface area contributed by atoms with Crippen molar-refractivity contribution in [1.82, 2.24) is 4.90 Å². The van der Waals surface area contributed by atoms with Gasteiger partial charge in [0.05, 0.1) is 0 Å². The fourth-order valence-electron chi connectivity index (χ4n) is 2.00. The Balaban J connectivity index is 2.27. The predicted octanol–water partition coefficient (Wildman–Crippen LogP) is 1.55. The van der Waals surface area contributed by atoms with E-state index in [4.69, 9.17) is 5.11 Å². The van der Waals surface area contributed by atoms with Crippen LogP contribution < -0.4 is 0 Å². The number of carbonyl (C=O) groups is 1. The number of nitrogens with zero attached hydrogens (tertiary/aromatic N) is 1. The molecule has 1 N–H and O–H groups in total. The van der Waals surface area contributed by atoms with Gasteiger partial charge in [-0.05, 0) is 39.0 Å². The number of unbranched alkanes of at least 4 members (excludes halogenated alkanes) is 1. The van der Waals surface area contributed by atoms with Crippen LogP contribution in [0.2, 0.25) is 0 Å². The summed E-state index contributed by atoms with van der Waals surface area (Å²) < 4.78 is 0. The van der Waals surface area contributed by atoms with Crippen LogP contribution >= 0.6 is 0 Å². The monoisotopic (exact) mass is 199 g/mol. The summed E-state index contributed by atoms with van der Waals surface area (Å²) in [7, 11) is 0. The summed E-state index contributed by atoms with van der Waals surface area (Å²) >= 11 is 0. The Kier molecular flexibility index (Phi) is 4.94. The van der Waals surface area contributed by atoms with Gasteiger partial charge < -0.3 is 10.0 Å². The van der Waals surface area contributed by atoms with Gasteiger partial charge >= 0.3 is 0 Å². The van der Waals surface area contributed by atoms with Crippen molar-refractivity contribution >= 4 is 5.91 Å². The number of piperidine rings is 1. The van der Waals surface area contributed by atoms with Crippen molar-refractivity contribution < 1.29 is 9.90 Å². The van der Waals surface area contributed by atoms with Crippen molar-refractivity contribution in [3.63, 3.8) is 0 Å². The van der Waals surface area contributed by atoms with Crippen LogP contribution in [0.5, 0.6) is 0 Å². The van der Waals surface area contributed by atoms with E-state index >= 15 is 0 Å². The highest BCUT2D eigenvalue weighted by Gasteiger charge is 2.22. The molecule has 0 radical (unpaired) electrons. The van der Waals surface area contributed by atoms with E-state index in [1.807, 2.05) is 4.90 Å². The van der Waals surface area contributed by atoms with E-state index in [1.165, 1.54) is 6.42 Å². The molecule has 82 valence electrons. The number of rotatable bonds is 4. The van der Waals surface area contributed by atoms with Crippen molar-refractivity contribution in [3.8, 4) is 0 Å². The molecule has 0 spiro atoms. The molecule has 0 aromatic carbocycles. The molecule has 1 aliphatic rings. The molecule has 1 heterocycles. The first-order valence-corrected chi connectivity index (χ1v) is 5.66. The topological polar surface area (TPSA) is 40.5 Å². The molecule has 0 aromatic rings. The Morgan fingerprint density at radius 2 is 2.21 bits per heavy atom. The van der Waals surface area contributed by atoms with Crippen molar-refractivity contribution in [2.75, 3.05) is 13.2 Å². The Labute approximate surface area is 86.1 Å². The number of aliphatic hydroxyl groups excluding tert-OH is 1. The fraction of sp³-hybridized carbons (Fsp3) is 0.909. The third-order valence-corrected chi connectivity index (χ3v) is 2.92. The Bertz CT molecular complexity index is 182. The SMILES string of the molecule is CC1CCCCN1C(=O)CCCCO. The summed E-state index contributed by atoms with van der Waals surface area (Å²) in [4.78, 5) is 13.7. The van der Waals surface area contributed by atoms with E-state index in [0.29, 0.717) is 12.5 Å². The van der Waals surface area contributed by atoms with Crippen molar-refractivity contribution in [2.45, 2.75) is 51.5 Å². The second kappa shape index (κ2) is 6.02. The van der Waals surface area contributed by atoms with Crippen LogP contribution in [0.1, 0.15) is 45.4 Å². The lowest BCUT2D eigenvalue weighted by Gasteiger charge is -2.33. The van der Waals surface area contributed by atoms with E-state index in [-0.39, 0.29) is 12.5 Å². The maximum Gasteiger partial charge on any atom is 0.222 e. The summed E-state index contributed by atoms with van der Waals surface area (Å²) in [6.45, 7) is 3.26. The van der Waals surface area contributed by atoms with Gasteiger partial charge in [-0.3, -0.25) is 4.79 Å². The third-order valence-electron chi connectivity index (χ3n) is 2.92. The standard InChI is InChI=1S/C11H21NO2/c1-10-6-2-4-8-12(10)11(14)7-3-5-9-13/h10,13H,2-9H2,1H3. The molecule has 1 aliphatic heterocycles. The minimum Gasteiger partial charge on any atom is -0.396 e. The highest BCUT2D eigenvalue weighted by Crippen LogP contribution is 2.17. The van der Waals surface area contributed by atoms with Crippen LogP contribution in [0, 0.1) is 0 Å². The van der Waals surface area contributed by atoms with Crippen molar-refractivity contribution in [3.05, 3.63) is 0 Å². The van der Waals surface area contributed by atoms with Crippen LogP contribution in [0.25, 0.3) is 0 Å². The molecule has 0 saturated carbocycles. The van der Waals surface area contributed by atoms with Gasteiger partial charge in [0.2, 0.25) is 5.91 Å². The molecule has 1 amide bonds. The Morgan fingerprint density at radius 3 is 2.86 bits per heavy atom. The second-order valence-corrected chi connectivity index (χ2v) is 4.11. The van der Waals surface area contributed by atoms with Gasteiger partial charge in [-0.1, -0.05) is 0 Å². The number of hydrogen-bond donors (Lipinski definition) is 1. The number of likely N-dealkylation sites (tertiary alicyclic amines) is 1. The van der Waals surface area contributed by atoms with Crippen molar-refractivity contribution in [1.29, 1.82) is 0 Å². The summed E-state index contributed by atoms with van der Waals surface area (Å²) in [5.74, 6) is 0.269. The summed E-state index contributed by atoms with van der Waals surface area (Å²) in [6.07, 6.45) is 5.71. The van der Waals surface area contributed by atoms with Gasteiger partial charge in [0.1, 0.15) is 0 Å². The van der Waals surface area contributed by atoms with Crippen LogP contribution in [0.3, 0.4) is 0 Å². The normalized spacial score (nSPS) is 22.4. The molecule has 1 saturated heterocycles. The first-order valence-electron chi connectivity index (χ1n) is 5.66. The molecule has 14 heavy (non-hydrogen) atoms. The van der Waals surface area contributed by atoms with Gasteiger partial charge in [0.25, 0.3) is 0 Å². The fourth-order valence-corrected chi connectivity index (χ4v) is 2.00. The molecule has 1 atom stereocenters. The zero-order chi connectivity index (χ0) is 10.4. The van der Waals surface area contributed by atoms with E-state index in [9.17, 15) is 4.79 Å². The first-order chi connectivity index (χ1) is 6.75. The van der Waals surface area contributed by atoms with Crippen LogP contribution in [0.4, 0.5) is 0 Å². The molecule has 0 bridgehead atoms. The van der Waals surface area contributed by atoms with E-state index < -0.39 is 0 Å². The highest BCUT2D eigenvalue weighted by atomic mass is 16.3. The van der Waals surface area contributed by atoms with Crippen LogP contribution in [-0.2, 0) is 4.79 Å². The second-order valence-electron chi connectivity index (χ2n) is 4.11. The Morgan fingerprint density at radius 1 is 1.43 bits per heavy atom. The van der Waals surface area contributed by atoms with E-state index in [0.717, 1.165) is 32.2 Å². The molecule has 1 unspecified atom stereocenters. The smallest absolute Gasteiger partial charge is 0.222 e. The summed E-state index contributed by atoms with van der Waals surface area (Å²) in [5, 5.41) is 8.62. The molecule has 1 rings (SSSR count). The van der Waals surface area contributed by atoms with E-state index in [2.05, 4.69) is 6.92 Å². The third kappa shape index (κ3) is 3.29. The zero-order valence-corrected chi connectivity index (χ0v) is 9.04. The van der Waals surface area contributed by atoms with E-state index in [1.54, 1.807) is 0 Å². The zero-order valence-electron chi connectivity index (χ0n) is 9.04. The number of amides is 1. The quantitative estimate of drug-likeness (QED) is 0.698.